The highest BCUT2D eigenvalue weighted by molar-refractivity contribution is 7.12. The average Bonchev–Trinajstić information content (AvgIpc) is 2.77. The van der Waals surface area contributed by atoms with E-state index in [-0.39, 0.29) is 11.9 Å². The molecule has 1 aromatic carbocycles. The minimum atomic E-state index is -0.0310. The second-order valence-electron chi connectivity index (χ2n) is 5.34. The van der Waals surface area contributed by atoms with Gasteiger partial charge in [0.15, 0.2) is 0 Å². The van der Waals surface area contributed by atoms with Crippen molar-refractivity contribution in [3.8, 4) is 0 Å². The van der Waals surface area contributed by atoms with E-state index in [0.717, 1.165) is 11.3 Å². The molecule has 0 spiro atoms. The summed E-state index contributed by atoms with van der Waals surface area (Å²) >= 11 is 1.77. The minimum Gasteiger partial charge on any atom is -0.388 e. The first-order chi connectivity index (χ1) is 9.92. The second kappa shape index (κ2) is 6.31. The molecule has 2 N–H and O–H groups in total. The van der Waals surface area contributed by atoms with E-state index in [0.29, 0.717) is 5.56 Å². The van der Waals surface area contributed by atoms with E-state index in [9.17, 15) is 4.79 Å². The molecule has 4 heteroatoms. The maximum atomic E-state index is 12.4. The average molecular weight is 302 g/mol. The number of benzene rings is 1. The van der Waals surface area contributed by atoms with E-state index in [2.05, 4.69) is 30.5 Å². The maximum Gasteiger partial charge on any atom is 0.251 e. The van der Waals surface area contributed by atoms with Crippen molar-refractivity contribution in [2.45, 2.75) is 33.7 Å². The summed E-state index contributed by atoms with van der Waals surface area (Å²) in [6.07, 6.45) is 0. The molecule has 0 aliphatic rings. The Balaban J connectivity index is 2.14. The van der Waals surface area contributed by atoms with Gasteiger partial charge in [-0.15, -0.1) is 11.3 Å². The topological polar surface area (TPSA) is 41.1 Å². The molecule has 1 amide bonds. The molecule has 21 heavy (non-hydrogen) atoms. The monoisotopic (exact) mass is 302 g/mol. The molecular formula is C17H22N2OS. The molecule has 0 saturated heterocycles. The number of hydrogen-bond donors (Lipinski definition) is 2. The summed E-state index contributed by atoms with van der Waals surface area (Å²) in [5.41, 5.74) is 4.02. The van der Waals surface area contributed by atoms with Gasteiger partial charge in [-0.3, -0.25) is 4.79 Å². The Morgan fingerprint density at radius 1 is 1.19 bits per heavy atom. The second-order valence-corrected chi connectivity index (χ2v) is 6.80. The third-order valence-corrected chi connectivity index (χ3v) is 4.63. The van der Waals surface area contributed by atoms with Crippen molar-refractivity contribution < 1.29 is 4.79 Å². The number of aryl methyl sites for hydroxylation is 3. The number of hydrogen-bond acceptors (Lipinski definition) is 3. The number of amides is 1. The summed E-state index contributed by atoms with van der Waals surface area (Å²) in [4.78, 5) is 14.9. The quantitative estimate of drug-likeness (QED) is 0.888. The van der Waals surface area contributed by atoms with Crippen LogP contribution in [-0.2, 0) is 0 Å². The zero-order chi connectivity index (χ0) is 15.6. The largest absolute Gasteiger partial charge is 0.388 e. The van der Waals surface area contributed by atoms with Gasteiger partial charge < -0.3 is 10.6 Å². The Kier molecular flexibility index (Phi) is 4.68. The van der Waals surface area contributed by atoms with Crippen LogP contribution in [0.1, 0.15) is 44.2 Å². The predicted molar refractivity (Wildman–Crippen MR) is 90.4 cm³/mol. The van der Waals surface area contributed by atoms with Crippen LogP contribution in [0.2, 0.25) is 0 Å². The molecule has 0 bridgehead atoms. The van der Waals surface area contributed by atoms with E-state index >= 15 is 0 Å². The van der Waals surface area contributed by atoms with Crippen LogP contribution in [0.5, 0.6) is 0 Å². The van der Waals surface area contributed by atoms with Crippen LogP contribution in [-0.4, -0.2) is 13.0 Å². The van der Waals surface area contributed by atoms with Gasteiger partial charge in [0.1, 0.15) is 0 Å². The lowest BCUT2D eigenvalue weighted by molar-refractivity contribution is 0.0940. The smallest absolute Gasteiger partial charge is 0.251 e. The molecule has 0 radical (unpaired) electrons. The molecule has 112 valence electrons. The van der Waals surface area contributed by atoms with Crippen LogP contribution in [0.4, 0.5) is 5.69 Å². The number of carbonyl (C=O) groups is 1. The van der Waals surface area contributed by atoms with Crippen molar-refractivity contribution in [2.75, 3.05) is 12.4 Å². The highest BCUT2D eigenvalue weighted by Crippen LogP contribution is 2.26. The summed E-state index contributed by atoms with van der Waals surface area (Å²) in [6.45, 7) is 8.22. The molecule has 1 aromatic heterocycles. The predicted octanol–water partition coefficient (Wildman–Crippen LogP) is 4.21. The molecular weight excluding hydrogens is 280 g/mol. The maximum absolute atomic E-state index is 12.4. The number of carbonyl (C=O) groups excluding carboxylic acids is 1. The van der Waals surface area contributed by atoms with Crippen LogP contribution in [0, 0.1) is 20.8 Å². The van der Waals surface area contributed by atoms with E-state index < -0.39 is 0 Å². The van der Waals surface area contributed by atoms with Gasteiger partial charge in [0, 0.05) is 28.1 Å². The first-order valence-corrected chi connectivity index (χ1v) is 7.90. The van der Waals surface area contributed by atoms with Gasteiger partial charge in [0.05, 0.1) is 6.04 Å². The lowest BCUT2D eigenvalue weighted by Gasteiger charge is -2.15. The molecule has 0 aliphatic carbocycles. The SMILES string of the molecule is CNc1ccc(C(=O)NC(C)c2cc(C)sc2C)cc1C. The van der Waals surface area contributed by atoms with Crippen LogP contribution >= 0.6 is 11.3 Å². The first kappa shape index (κ1) is 15.6. The summed E-state index contributed by atoms with van der Waals surface area (Å²) in [7, 11) is 1.88. The zero-order valence-corrected chi connectivity index (χ0v) is 14.0. The van der Waals surface area contributed by atoms with Crippen molar-refractivity contribution >= 4 is 22.9 Å². The fraction of sp³-hybridized carbons (Fsp3) is 0.353. The standard InChI is InChI=1S/C17H22N2OS/c1-10-8-14(6-7-16(10)18-5)17(20)19-12(3)15-9-11(2)21-13(15)4/h6-9,12,18H,1-5H3,(H,19,20). The zero-order valence-electron chi connectivity index (χ0n) is 13.2. The van der Waals surface area contributed by atoms with Gasteiger partial charge in [-0.2, -0.15) is 0 Å². The Morgan fingerprint density at radius 2 is 1.90 bits per heavy atom. The fourth-order valence-electron chi connectivity index (χ4n) is 2.52. The fourth-order valence-corrected chi connectivity index (χ4v) is 3.55. The minimum absolute atomic E-state index is 0.0201. The van der Waals surface area contributed by atoms with Crippen LogP contribution < -0.4 is 10.6 Å². The van der Waals surface area contributed by atoms with E-state index in [1.165, 1.54) is 15.3 Å². The summed E-state index contributed by atoms with van der Waals surface area (Å²) < 4.78 is 0. The third-order valence-electron chi connectivity index (χ3n) is 3.65. The summed E-state index contributed by atoms with van der Waals surface area (Å²) in [5.74, 6) is -0.0310. The number of anilines is 1. The third kappa shape index (κ3) is 3.45. The molecule has 1 atom stereocenters. The molecule has 2 aromatic rings. The Labute approximate surface area is 130 Å². The van der Waals surface area contributed by atoms with E-state index in [1.807, 2.05) is 39.1 Å². The Hall–Kier alpha value is -1.81. The molecule has 3 nitrogen and oxygen atoms in total. The summed E-state index contributed by atoms with van der Waals surface area (Å²) in [5, 5.41) is 6.19. The van der Waals surface area contributed by atoms with Gasteiger partial charge in [0.2, 0.25) is 0 Å². The van der Waals surface area contributed by atoms with E-state index in [1.54, 1.807) is 11.3 Å². The van der Waals surface area contributed by atoms with Crippen molar-refractivity contribution in [3.05, 3.63) is 50.7 Å². The number of nitrogens with one attached hydrogen (secondary N) is 2. The van der Waals surface area contributed by atoms with Crippen molar-refractivity contribution in [3.63, 3.8) is 0 Å². The lowest BCUT2D eigenvalue weighted by atomic mass is 10.1. The van der Waals surface area contributed by atoms with Crippen LogP contribution in [0.15, 0.2) is 24.3 Å². The number of thiophene rings is 1. The molecule has 0 fully saturated rings. The lowest BCUT2D eigenvalue weighted by Crippen LogP contribution is -2.26. The van der Waals surface area contributed by atoms with Gasteiger partial charge in [-0.1, -0.05) is 0 Å². The van der Waals surface area contributed by atoms with Gasteiger partial charge >= 0.3 is 0 Å². The molecule has 2 rings (SSSR count). The van der Waals surface area contributed by atoms with Gasteiger partial charge in [-0.05, 0) is 63.1 Å². The van der Waals surface area contributed by atoms with Crippen molar-refractivity contribution in [1.29, 1.82) is 0 Å². The normalized spacial score (nSPS) is 12.0. The number of rotatable bonds is 4. The molecule has 0 saturated carbocycles. The van der Waals surface area contributed by atoms with E-state index in [4.69, 9.17) is 0 Å². The Bertz CT molecular complexity index is 661. The highest BCUT2D eigenvalue weighted by Gasteiger charge is 2.15. The molecule has 1 heterocycles. The van der Waals surface area contributed by atoms with Crippen molar-refractivity contribution in [2.24, 2.45) is 0 Å². The molecule has 0 aliphatic heterocycles. The summed E-state index contributed by atoms with van der Waals surface area (Å²) in [6, 6.07) is 7.88. The van der Waals surface area contributed by atoms with Crippen LogP contribution in [0.25, 0.3) is 0 Å². The highest BCUT2D eigenvalue weighted by atomic mass is 32.1. The van der Waals surface area contributed by atoms with Gasteiger partial charge in [-0.25, -0.2) is 0 Å². The van der Waals surface area contributed by atoms with Crippen LogP contribution in [0.3, 0.4) is 0 Å². The Morgan fingerprint density at radius 3 is 2.43 bits per heavy atom. The molecule has 1 unspecified atom stereocenters. The van der Waals surface area contributed by atoms with Crippen molar-refractivity contribution in [1.82, 2.24) is 5.32 Å². The first-order valence-electron chi connectivity index (χ1n) is 7.08. The van der Waals surface area contributed by atoms with Gasteiger partial charge in [0.25, 0.3) is 5.91 Å².